The second-order valence-electron chi connectivity index (χ2n) is 8.24. The number of pyridine rings is 3. The molecule has 0 saturated heterocycles. The van der Waals surface area contributed by atoms with E-state index in [-0.39, 0.29) is 22.6 Å². The molecular formula is C27H19CuF2N5. The van der Waals surface area contributed by atoms with Gasteiger partial charge in [0, 0.05) is 16.8 Å². The van der Waals surface area contributed by atoms with Crippen molar-refractivity contribution in [1.82, 2.24) is 24.7 Å². The number of benzene rings is 1. The normalized spacial score (nSPS) is 11.2. The molecule has 0 aliphatic heterocycles. The van der Waals surface area contributed by atoms with Gasteiger partial charge in [0.2, 0.25) is 0 Å². The van der Waals surface area contributed by atoms with Crippen molar-refractivity contribution in [3.05, 3.63) is 114 Å². The predicted octanol–water partition coefficient (Wildman–Crippen LogP) is 5.59. The summed E-state index contributed by atoms with van der Waals surface area (Å²) in [5.41, 5.74) is 2.93. The minimum atomic E-state index is -0.953. The molecule has 0 spiro atoms. The molecule has 5 aromatic rings. The molecule has 35 heavy (non-hydrogen) atoms. The van der Waals surface area contributed by atoms with Crippen LogP contribution in [0.5, 0.6) is 0 Å². The van der Waals surface area contributed by atoms with Crippen LogP contribution < -0.4 is 0 Å². The van der Waals surface area contributed by atoms with Crippen LogP contribution in [0.2, 0.25) is 0 Å². The number of aromatic nitrogens is 5. The van der Waals surface area contributed by atoms with Crippen LogP contribution in [-0.4, -0.2) is 24.7 Å². The van der Waals surface area contributed by atoms with Gasteiger partial charge in [-0.05, 0) is 37.4 Å². The fourth-order valence-corrected chi connectivity index (χ4v) is 3.65. The first kappa shape index (κ1) is 24.4. The summed E-state index contributed by atoms with van der Waals surface area (Å²) >= 11 is 0. The van der Waals surface area contributed by atoms with Crippen molar-refractivity contribution in [2.45, 2.75) is 19.3 Å². The van der Waals surface area contributed by atoms with Crippen LogP contribution in [0.4, 0.5) is 8.78 Å². The Morgan fingerprint density at radius 2 is 1.49 bits per heavy atom. The van der Waals surface area contributed by atoms with E-state index in [4.69, 9.17) is 4.98 Å². The average Bonchev–Trinajstić information content (AvgIpc) is 3.35. The van der Waals surface area contributed by atoms with Crippen molar-refractivity contribution in [1.29, 1.82) is 0 Å². The minimum absolute atomic E-state index is 0. The molecule has 0 bridgehead atoms. The Kier molecular flexibility index (Phi) is 6.87. The molecule has 0 unspecified atom stereocenters. The molecule has 1 radical (unpaired) electrons. The number of hydrogen-bond donors (Lipinski definition) is 0. The molecule has 1 aromatic carbocycles. The van der Waals surface area contributed by atoms with Gasteiger partial charge in [0.1, 0.15) is 11.9 Å². The van der Waals surface area contributed by atoms with Crippen LogP contribution in [0.15, 0.2) is 78.9 Å². The molecule has 0 amide bonds. The van der Waals surface area contributed by atoms with E-state index in [0.29, 0.717) is 17.2 Å². The van der Waals surface area contributed by atoms with Crippen molar-refractivity contribution in [3.8, 4) is 28.3 Å². The monoisotopic (exact) mass is 514 g/mol. The minimum Gasteiger partial charge on any atom is -0.343 e. The van der Waals surface area contributed by atoms with Crippen molar-refractivity contribution < 1.29 is 25.8 Å². The molecule has 177 valence electrons. The smallest absolute Gasteiger partial charge is 0.343 e. The van der Waals surface area contributed by atoms with E-state index in [9.17, 15) is 8.78 Å². The Balaban J connectivity index is 0.00000289. The van der Waals surface area contributed by atoms with Gasteiger partial charge in [-0.25, -0.2) is 8.78 Å². The van der Waals surface area contributed by atoms with Gasteiger partial charge in [-0.3, -0.25) is 15.1 Å². The SMILES string of the molecule is CC(C)(c1cccc(-c2[c-]cc(F)nc2F)n1)c1cccc(-n2[c-]cc(-c3ccccc3)n2)n1.[Cu+2]. The molecule has 0 atom stereocenters. The van der Waals surface area contributed by atoms with Crippen LogP contribution in [0.25, 0.3) is 28.3 Å². The van der Waals surface area contributed by atoms with E-state index in [2.05, 4.69) is 27.3 Å². The molecule has 4 aromatic heterocycles. The first-order chi connectivity index (χ1) is 16.4. The molecule has 0 aliphatic carbocycles. The average molecular weight is 515 g/mol. The third-order valence-corrected chi connectivity index (χ3v) is 5.59. The summed E-state index contributed by atoms with van der Waals surface area (Å²) < 4.78 is 29.0. The standard InChI is InChI=1S/C27H19F2N5.Cu/c1-27(2,22-11-6-10-21(30-22)19-14-15-24(28)32-26(19)29)23-12-7-13-25(31-23)34-17-16-20(33-34)18-8-4-3-5-9-18;/h3-13,15-16H,1-2H3;/q-2;+2. The molecule has 8 heteroatoms. The van der Waals surface area contributed by atoms with Crippen molar-refractivity contribution in [3.63, 3.8) is 0 Å². The van der Waals surface area contributed by atoms with Crippen molar-refractivity contribution in [2.24, 2.45) is 0 Å². The number of hydrogen-bond acceptors (Lipinski definition) is 4. The zero-order chi connectivity index (χ0) is 23.7. The summed E-state index contributed by atoms with van der Waals surface area (Å²) in [5.74, 6) is -1.26. The van der Waals surface area contributed by atoms with Crippen LogP contribution in [0.1, 0.15) is 25.2 Å². The third kappa shape index (κ3) is 4.90. The first-order valence-electron chi connectivity index (χ1n) is 10.6. The van der Waals surface area contributed by atoms with E-state index in [0.717, 1.165) is 23.0 Å². The number of nitrogens with zero attached hydrogens (tertiary/aromatic N) is 5. The van der Waals surface area contributed by atoms with Gasteiger partial charge in [-0.1, -0.05) is 78.0 Å². The molecular weight excluding hydrogens is 496 g/mol. The van der Waals surface area contributed by atoms with E-state index in [1.54, 1.807) is 16.8 Å². The second-order valence-corrected chi connectivity index (χ2v) is 8.24. The second kappa shape index (κ2) is 9.86. The van der Waals surface area contributed by atoms with E-state index >= 15 is 0 Å². The van der Waals surface area contributed by atoms with Crippen molar-refractivity contribution in [2.75, 3.05) is 0 Å². The largest absolute Gasteiger partial charge is 2.00 e. The Labute approximate surface area is 212 Å². The molecule has 0 aliphatic rings. The Hall–Kier alpha value is -3.74. The fraction of sp³-hybridized carbons (Fsp3) is 0.111. The van der Waals surface area contributed by atoms with E-state index < -0.39 is 17.3 Å². The fourth-order valence-electron chi connectivity index (χ4n) is 3.65. The zero-order valence-corrected chi connectivity index (χ0v) is 19.7. The summed E-state index contributed by atoms with van der Waals surface area (Å²) in [6.07, 6.45) is 3.12. The molecule has 0 fully saturated rings. The quantitative estimate of drug-likeness (QED) is 0.174. The van der Waals surface area contributed by atoms with Gasteiger partial charge in [0.05, 0.1) is 5.82 Å². The van der Waals surface area contributed by atoms with Crippen LogP contribution in [0, 0.1) is 24.2 Å². The van der Waals surface area contributed by atoms with Crippen LogP contribution >= 0.6 is 0 Å². The van der Waals surface area contributed by atoms with Crippen molar-refractivity contribution >= 4 is 0 Å². The van der Waals surface area contributed by atoms with Gasteiger partial charge in [-0.2, -0.15) is 0 Å². The maximum atomic E-state index is 14.2. The maximum Gasteiger partial charge on any atom is 2.00 e. The van der Waals surface area contributed by atoms with E-state index in [1.807, 2.05) is 74.5 Å². The van der Waals surface area contributed by atoms with Gasteiger partial charge >= 0.3 is 17.1 Å². The summed E-state index contributed by atoms with van der Waals surface area (Å²) in [4.78, 5) is 12.7. The van der Waals surface area contributed by atoms with Gasteiger partial charge < -0.3 is 9.67 Å². The zero-order valence-electron chi connectivity index (χ0n) is 18.8. The van der Waals surface area contributed by atoms with Gasteiger partial charge in [0.15, 0.2) is 0 Å². The van der Waals surface area contributed by atoms with Gasteiger partial charge in [0.25, 0.3) is 0 Å². The number of halogens is 2. The Morgan fingerprint density at radius 1 is 0.771 bits per heavy atom. The maximum absolute atomic E-state index is 14.2. The molecule has 5 rings (SSSR count). The predicted molar refractivity (Wildman–Crippen MR) is 124 cm³/mol. The molecule has 0 saturated carbocycles. The summed E-state index contributed by atoms with van der Waals surface area (Å²) in [5, 5.41) is 4.62. The first-order valence-corrected chi connectivity index (χ1v) is 10.6. The van der Waals surface area contributed by atoms with Crippen LogP contribution in [-0.2, 0) is 22.5 Å². The Morgan fingerprint density at radius 3 is 2.23 bits per heavy atom. The summed E-state index contributed by atoms with van der Waals surface area (Å²) in [6, 6.07) is 26.2. The topological polar surface area (TPSA) is 56.5 Å². The summed E-state index contributed by atoms with van der Waals surface area (Å²) in [7, 11) is 0. The van der Waals surface area contributed by atoms with Crippen LogP contribution in [0.3, 0.4) is 0 Å². The molecule has 5 nitrogen and oxygen atoms in total. The molecule has 4 heterocycles. The van der Waals surface area contributed by atoms with E-state index in [1.165, 1.54) is 0 Å². The Bertz CT molecular complexity index is 1470. The third-order valence-electron chi connectivity index (χ3n) is 5.59. The summed E-state index contributed by atoms with van der Waals surface area (Å²) in [6.45, 7) is 3.97. The number of rotatable bonds is 5. The van der Waals surface area contributed by atoms with Gasteiger partial charge in [-0.15, -0.1) is 12.1 Å². The molecule has 0 N–H and O–H groups in total.